The standard InChI is InChI=1S/C14H19ClN4/c1-2-10-4-3-5-12(8-10)16-14-17-13-7-6-11(15)9-19(13)18-14/h6-7,9-10,12H,2-5,8H2,1H3,(H,16,18). The summed E-state index contributed by atoms with van der Waals surface area (Å²) >= 11 is 5.95. The zero-order chi connectivity index (χ0) is 13.2. The highest BCUT2D eigenvalue weighted by molar-refractivity contribution is 6.30. The van der Waals surface area contributed by atoms with E-state index in [1.54, 1.807) is 10.7 Å². The molecule has 4 nitrogen and oxygen atoms in total. The fourth-order valence-corrected chi connectivity index (χ4v) is 3.05. The van der Waals surface area contributed by atoms with Crippen molar-refractivity contribution in [1.82, 2.24) is 14.6 Å². The lowest BCUT2D eigenvalue weighted by atomic mass is 9.84. The van der Waals surface area contributed by atoms with Crippen molar-refractivity contribution in [3.05, 3.63) is 23.4 Å². The lowest BCUT2D eigenvalue weighted by Crippen LogP contribution is -2.27. The van der Waals surface area contributed by atoms with Crippen molar-refractivity contribution in [1.29, 1.82) is 0 Å². The number of rotatable bonds is 3. The first-order valence-electron chi connectivity index (χ1n) is 7.03. The molecule has 1 aliphatic rings. The van der Waals surface area contributed by atoms with E-state index in [2.05, 4.69) is 22.3 Å². The van der Waals surface area contributed by atoms with E-state index >= 15 is 0 Å². The Kier molecular flexibility index (Phi) is 3.60. The van der Waals surface area contributed by atoms with Crippen molar-refractivity contribution >= 4 is 23.2 Å². The molecule has 1 N–H and O–H groups in total. The maximum absolute atomic E-state index is 5.95. The molecule has 0 bridgehead atoms. The SMILES string of the molecule is CCC1CCCC(Nc2nc3ccc(Cl)cn3n2)C1. The number of halogens is 1. The molecule has 0 radical (unpaired) electrons. The Balaban J connectivity index is 1.74. The van der Waals surface area contributed by atoms with E-state index in [4.69, 9.17) is 11.6 Å². The zero-order valence-electron chi connectivity index (χ0n) is 11.1. The van der Waals surface area contributed by atoms with Gasteiger partial charge in [0.25, 0.3) is 0 Å². The number of anilines is 1. The van der Waals surface area contributed by atoms with Crippen LogP contribution >= 0.6 is 11.6 Å². The Morgan fingerprint density at radius 3 is 3.16 bits per heavy atom. The number of pyridine rings is 1. The maximum Gasteiger partial charge on any atom is 0.243 e. The van der Waals surface area contributed by atoms with Gasteiger partial charge in [0.2, 0.25) is 5.95 Å². The third kappa shape index (κ3) is 2.84. The number of hydrogen-bond acceptors (Lipinski definition) is 3. The number of aromatic nitrogens is 3. The topological polar surface area (TPSA) is 42.2 Å². The van der Waals surface area contributed by atoms with Gasteiger partial charge < -0.3 is 5.32 Å². The largest absolute Gasteiger partial charge is 0.350 e. The van der Waals surface area contributed by atoms with Gasteiger partial charge in [-0.2, -0.15) is 4.98 Å². The number of hydrogen-bond donors (Lipinski definition) is 1. The molecule has 19 heavy (non-hydrogen) atoms. The average Bonchev–Trinajstić information content (AvgIpc) is 2.80. The van der Waals surface area contributed by atoms with Gasteiger partial charge >= 0.3 is 0 Å². The molecule has 1 fully saturated rings. The van der Waals surface area contributed by atoms with Gasteiger partial charge in [-0.15, -0.1) is 5.10 Å². The minimum absolute atomic E-state index is 0.506. The lowest BCUT2D eigenvalue weighted by molar-refractivity contribution is 0.326. The van der Waals surface area contributed by atoms with Crippen LogP contribution in [0.15, 0.2) is 18.3 Å². The molecule has 102 valence electrons. The van der Waals surface area contributed by atoms with Crippen LogP contribution in [0.4, 0.5) is 5.95 Å². The summed E-state index contributed by atoms with van der Waals surface area (Å²) in [6.07, 6.45) is 8.16. The van der Waals surface area contributed by atoms with E-state index in [0.29, 0.717) is 17.0 Å². The molecule has 2 atom stereocenters. The molecule has 3 rings (SSSR count). The first kappa shape index (κ1) is 12.7. The van der Waals surface area contributed by atoms with Crippen molar-refractivity contribution in [3.8, 4) is 0 Å². The molecule has 1 aliphatic carbocycles. The van der Waals surface area contributed by atoms with Gasteiger partial charge in [-0.25, -0.2) is 4.52 Å². The Hall–Kier alpha value is -1.29. The monoisotopic (exact) mass is 278 g/mol. The summed E-state index contributed by atoms with van der Waals surface area (Å²) in [4.78, 5) is 4.48. The van der Waals surface area contributed by atoms with Gasteiger partial charge in [-0.1, -0.05) is 37.8 Å². The molecule has 0 spiro atoms. The van der Waals surface area contributed by atoms with Crippen LogP contribution in [0.1, 0.15) is 39.0 Å². The van der Waals surface area contributed by atoms with Crippen molar-refractivity contribution < 1.29 is 0 Å². The van der Waals surface area contributed by atoms with E-state index in [0.717, 1.165) is 11.6 Å². The van der Waals surface area contributed by atoms with E-state index < -0.39 is 0 Å². The molecule has 0 aliphatic heterocycles. The Morgan fingerprint density at radius 2 is 2.32 bits per heavy atom. The number of fused-ring (bicyclic) bond motifs is 1. The fourth-order valence-electron chi connectivity index (χ4n) is 2.89. The highest BCUT2D eigenvalue weighted by Gasteiger charge is 2.21. The summed E-state index contributed by atoms with van der Waals surface area (Å²) in [7, 11) is 0. The third-order valence-electron chi connectivity index (χ3n) is 3.99. The molecule has 0 amide bonds. The van der Waals surface area contributed by atoms with Crippen LogP contribution in [-0.4, -0.2) is 20.6 Å². The second-order valence-corrected chi connectivity index (χ2v) is 5.80. The summed E-state index contributed by atoms with van der Waals surface area (Å²) in [6, 6.07) is 4.23. The molecule has 0 aromatic carbocycles. The molecular formula is C14H19ClN4. The van der Waals surface area contributed by atoms with Crippen LogP contribution in [0, 0.1) is 5.92 Å². The zero-order valence-corrected chi connectivity index (χ0v) is 11.9. The molecule has 2 aromatic heterocycles. The van der Waals surface area contributed by atoms with Crippen LogP contribution in [-0.2, 0) is 0 Å². The quantitative estimate of drug-likeness (QED) is 0.929. The summed E-state index contributed by atoms with van der Waals surface area (Å²) in [5, 5.41) is 8.57. The first-order chi connectivity index (χ1) is 9.24. The second kappa shape index (κ2) is 5.37. The first-order valence-corrected chi connectivity index (χ1v) is 7.41. The predicted octanol–water partition coefficient (Wildman–Crippen LogP) is 3.76. The minimum Gasteiger partial charge on any atom is -0.350 e. The Morgan fingerprint density at radius 1 is 1.42 bits per heavy atom. The van der Waals surface area contributed by atoms with Gasteiger partial charge in [0.05, 0.1) is 5.02 Å². The van der Waals surface area contributed by atoms with Gasteiger partial charge in [-0.05, 0) is 30.9 Å². The van der Waals surface area contributed by atoms with Crippen LogP contribution < -0.4 is 5.32 Å². The molecule has 1 saturated carbocycles. The molecule has 2 heterocycles. The highest BCUT2D eigenvalue weighted by atomic mass is 35.5. The maximum atomic E-state index is 5.95. The molecule has 0 saturated heterocycles. The van der Waals surface area contributed by atoms with Gasteiger partial charge in [-0.3, -0.25) is 0 Å². The van der Waals surface area contributed by atoms with Crippen LogP contribution in [0.5, 0.6) is 0 Å². The second-order valence-electron chi connectivity index (χ2n) is 5.37. The van der Waals surface area contributed by atoms with E-state index in [1.165, 1.54) is 32.1 Å². The summed E-state index contributed by atoms with van der Waals surface area (Å²) in [5.74, 6) is 1.56. The third-order valence-corrected chi connectivity index (χ3v) is 4.21. The summed E-state index contributed by atoms with van der Waals surface area (Å²) in [5.41, 5.74) is 0.828. The number of nitrogens with one attached hydrogen (secondary N) is 1. The predicted molar refractivity (Wildman–Crippen MR) is 77.7 cm³/mol. The van der Waals surface area contributed by atoms with E-state index in [1.807, 2.05) is 12.1 Å². The normalized spacial score (nSPS) is 23.7. The van der Waals surface area contributed by atoms with Gasteiger partial charge in [0.1, 0.15) is 0 Å². The van der Waals surface area contributed by atoms with Crippen molar-refractivity contribution in [2.45, 2.75) is 45.1 Å². The summed E-state index contributed by atoms with van der Waals surface area (Å²) < 4.78 is 1.73. The minimum atomic E-state index is 0.506. The van der Waals surface area contributed by atoms with Crippen LogP contribution in [0.3, 0.4) is 0 Å². The molecule has 2 aromatic rings. The number of nitrogens with zero attached hydrogens (tertiary/aromatic N) is 3. The average molecular weight is 279 g/mol. The van der Waals surface area contributed by atoms with Crippen molar-refractivity contribution in [3.63, 3.8) is 0 Å². The van der Waals surface area contributed by atoms with Crippen LogP contribution in [0.25, 0.3) is 5.65 Å². The van der Waals surface area contributed by atoms with E-state index in [-0.39, 0.29) is 0 Å². The lowest BCUT2D eigenvalue weighted by Gasteiger charge is -2.28. The highest BCUT2D eigenvalue weighted by Crippen LogP contribution is 2.28. The molecule has 5 heteroatoms. The Bertz CT molecular complexity index is 566. The van der Waals surface area contributed by atoms with Gasteiger partial charge in [0, 0.05) is 12.2 Å². The van der Waals surface area contributed by atoms with E-state index in [9.17, 15) is 0 Å². The smallest absolute Gasteiger partial charge is 0.243 e. The van der Waals surface area contributed by atoms with Gasteiger partial charge in [0.15, 0.2) is 5.65 Å². The fraction of sp³-hybridized carbons (Fsp3) is 0.571. The van der Waals surface area contributed by atoms with Crippen LogP contribution in [0.2, 0.25) is 5.02 Å². The van der Waals surface area contributed by atoms with Crippen molar-refractivity contribution in [2.75, 3.05) is 5.32 Å². The molecular weight excluding hydrogens is 260 g/mol. The molecule has 2 unspecified atom stereocenters. The summed E-state index contributed by atoms with van der Waals surface area (Å²) in [6.45, 7) is 2.28. The van der Waals surface area contributed by atoms with Crippen molar-refractivity contribution in [2.24, 2.45) is 5.92 Å². The Labute approximate surface area is 118 Å².